The molecule has 1 heterocycles. The number of methoxy groups -OCH3 is 2. The van der Waals surface area contributed by atoms with E-state index in [-0.39, 0.29) is 5.28 Å². The Balaban J connectivity index is 3.16. The molecule has 30 heavy (non-hydrogen) atoms. The third-order valence-corrected chi connectivity index (χ3v) is 3.43. The van der Waals surface area contributed by atoms with E-state index in [1.165, 1.54) is 0 Å². The van der Waals surface area contributed by atoms with Crippen LogP contribution < -0.4 is 10.1 Å². The van der Waals surface area contributed by atoms with Gasteiger partial charge in [0, 0.05) is 6.42 Å². The molecule has 1 N–H and O–H groups in total. The zero-order valence-corrected chi connectivity index (χ0v) is 17.6. The van der Waals surface area contributed by atoms with Gasteiger partial charge in [-0.3, -0.25) is 10.1 Å². The molecule has 14 heteroatoms. The number of carbonyl (C=O) groups excluding carboxylic acids is 3. The van der Waals surface area contributed by atoms with Crippen molar-refractivity contribution in [1.29, 1.82) is 0 Å². The lowest BCUT2D eigenvalue weighted by atomic mass is 10.1. The molecule has 0 saturated carbocycles. The van der Waals surface area contributed by atoms with Crippen LogP contribution in [0.2, 0.25) is 5.28 Å². The Morgan fingerprint density at radius 1 is 1.23 bits per heavy atom. The number of esters is 2. The summed E-state index contributed by atoms with van der Waals surface area (Å²) < 4.78 is 19.6. The maximum absolute atomic E-state index is 12.2. The van der Waals surface area contributed by atoms with Gasteiger partial charge in [-0.25, -0.2) is 19.4 Å². The molecule has 1 aromatic heterocycles. The lowest BCUT2D eigenvalue weighted by Gasteiger charge is -2.24. The molecule has 1 amide bonds. The van der Waals surface area contributed by atoms with Gasteiger partial charge >= 0.3 is 23.7 Å². The molecule has 0 aliphatic carbocycles. The summed E-state index contributed by atoms with van der Waals surface area (Å²) in [7, 11) is 2.10. The zero-order valence-electron chi connectivity index (χ0n) is 16.8. The van der Waals surface area contributed by atoms with Crippen LogP contribution in [-0.2, 0) is 23.8 Å². The summed E-state index contributed by atoms with van der Waals surface area (Å²) in [6.45, 7) is 4.83. The molecule has 0 aromatic carbocycles. The van der Waals surface area contributed by atoms with Crippen molar-refractivity contribution in [3.63, 3.8) is 0 Å². The van der Waals surface area contributed by atoms with Crippen LogP contribution in [0, 0.1) is 10.1 Å². The van der Waals surface area contributed by atoms with Crippen LogP contribution >= 0.6 is 11.6 Å². The van der Waals surface area contributed by atoms with E-state index in [1.54, 1.807) is 20.8 Å². The number of rotatable bonds is 8. The van der Waals surface area contributed by atoms with Crippen LogP contribution in [0.5, 0.6) is 5.88 Å². The second-order valence-electron chi connectivity index (χ2n) is 6.67. The molecule has 0 aliphatic rings. The highest BCUT2D eigenvalue weighted by atomic mass is 35.5. The summed E-state index contributed by atoms with van der Waals surface area (Å²) in [4.78, 5) is 53.6. The maximum atomic E-state index is 12.2. The summed E-state index contributed by atoms with van der Waals surface area (Å²) in [5.41, 5.74) is -1.54. The van der Waals surface area contributed by atoms with Crippen LogP contribution in [0.15, 0.2) is 6.20 Å². The Morgan fingerprint density at radius 2 is 1.83 bits per heavy atom. The molecule has 0 fully saturated rings. The molecule has 0 bridgehead atoms. The standard InChI is InChI=1S/C16H21ClN4O9/c1-16(2,3)30-15(24)19-8(12(22)27-4)6-10(13(23)28-5)29-11-9(21(25)26)7-18-14(17)20-11/h7-8,10H,6H2,1-5H3,(H,19,24)/t8-,10+/m0/s1. The molecule has 1 aromatic rings. The van der Waals surface area contributed by atoms with Crippen molar-refractivity contribution in [2.45, 2.75) is 44.9 Å². The van der Waals surface area contributed by atoms with Crippen LogP contribution in [0.3, 0.4) is 0 Å². The minimum Gasteiger partial charge on any atom is -0.467 e. The molecule has 166 valence electrons. The van der Waals surface area contributed by atoms with Crippen LogP contribution in [0.4, 0.5) is 10.5 Å². The first-order valence-corrected chi connectivity index (χ1v) is 8.74. The van der Waals surface area contributed by atoms with Gasteiger partial charge in [0.25, 0.3) is 5.88 Å². The van der Waals surface area contributed by atoms with Gasteiger partial charge in [-0.2, -0.15) is 4.98 Å². The van der Waals surface area contributed by atoms with E-state index >= 15 is 0 Å². The highest BCUT2D eigenvalue weighted by Gasteiger charge is 2.34. The van der Waals surface area contributed by atoms with E-state index < -0.39 is 58.7 Å². The van der Waals surface area contributed by atoms with Crippen molar-refractivity contribution in [2.24, 2.45) is 0 Å². The minimum atomic E-state index is -1.60. The van der Waals surface area contributed by atoms with Gasteiger partial charge in [0.1, 0.15) is 17.8 Å². The summed E-state index contributed by atoms with van der Waals surface area (Å²) in [5.74, 6) is -2.55. The van der Waals surface area contributed by atoms with Gasteiger partial charge in [-0.15, -0.1) is 0 Å². The van der Waals surface area contributed by atoms with Crippen molar-refractivity contribution in [3.8, 4) is 5.88 Å². The van der Waals surface area contributed by atoms with E-state index in [2.05, 4.69) is 24.8 Å². The van der Waals surface area contributed by atoms with Crippen molar-refractivity contribution in [1.82, 2.24) is 15.3 Å². The normalized spacial score (nSPS) is 12.9. The van der Waals surface area contributed by atoms with E-state index in [1.807, 2.05) is 0 Å². The van der Waals surface area contributed by atoms with Crippen molar-refractivity contribution in [3.05, 3.63) is 21.6 Å². The van der Waals surface area contributed by atoms with Gasteiger partial charge in [-0.05, 0) is 32.4 Å². The average Bonchev–Trinajstić information content (AvgIpc) is 2.63. The van der Waals surface area contributed by atoms with Gasteiger partial charge in [0.05, 0.1) is 19.1 Å². The third kappa shape index (κ3) is 7.66. The zero-order chi connectivity index (χ0) is 23.1. The number of hydrogen-bond donors (Lipinski definition) is 1. The van der Waals surface area contributed by atoms with E-state index in [0.717, 1.165) is 20.4 Å². The van der Waals surface area contributed by atoms with Gasteiger partial charge in [0.15, 0.2) is 6.10 Å². The number of nitrogens with one attached hydrogen (secondary N) is 1. The lowest BCUT2D eigenvalue weighted by Crippen LogP contribution is -2.47. The Kier molecular flexibility index (Phi) is 8.71. The van der Waals surface area contributed by atoms with Crippen LogP contribution in [0.25, 0.3) is 0 Å². The smallest absolute Gasteiger partial charge is 0.408 e. The molecule has 0 spiro atoms. The second kappa shape index (κ2) is 10.5. The molecule has 0 saturated heterocycles. The molecule has 13 nitrogen and oxygen atoms in total. The summed E-state index contributed by atoms with van der Waals surface area (Å²) in [5, 5.41) is 13.0. The number of alkyl carbamates (subject to hydrolysis) is 1. The summed E-state index contributed by atoms with van der Waals surface area (Å²) in [6.07, 6.45) is -2.29. The number of halogens is 1. The monoisotopic (exact) mass is 448 g/mol. The fourth-order valence-corrected chi connectivity index (χ4v) is 2.16. The predicted octanol–water partition coefficient (Wildman–Crippen LogP) is 1.41. The fraction of sp³-hybridized carbons (Fsp3) is 0.562. The van der Waals surface area contributed by atoms with E-state index in [9.17, 15) is 24.5 Å². The lowest BCUT2D eigenvalue weighted by molar-refractivity contribution is -0.386. The molecular formula is C16H21ClN4O9. The van der Waals surface area contributed by atoms with Gasteiger partial charge < -0.3 is 24.3 Å². The second-order valence-corrected chi connectivity index (χ2v) is 7.01. The maximum Gasteiger partial charge on any atom is 0.408 e. The third-order valence-electron chi connectivity index (χ3n) is 3.25. The number of amides is 1. The molecule has 0 radical (unpaired) electrons. The number of hydrogen-bond acceptors (Lipinski definition) is 11. The molecule has 1 rings (SSSR count). The molecule has 0 unspecified atom stereocenters. The Bertz CT molecular complexity index is 812. The molecular weight excluding hydrogens is 428 g/mol. The SMILES string of the molecule is COC(=O)[C@H](C[C@@H](Oc1nc(Cl)ncc1[N+](=O)[O-])C(=O)OC)NC(=O)OC(C)(C)C. The quantitative estimate of drug-likeness (QED) is 0.200. The first-order chi connectivity index (χ1) is 13.9. The number of nitrogens with zero attached hydrogens (tertiary/aromatic N) is 3. The Morgan fingerprint density at radius 3 is 2.33 bits per heavy atom. The van der Waals surface area contributed by atoms with Crippen LogP contribution in [0.1, 0.15) is 27.2 Å². The first kappa shape index (κ1) is 24.8. The van der Waals surface area contributed by atoms with E-state index in [4.69, 9.17) is 21.1 Å². The van der Waals surface area contributed by atoms with Crippen LogP contribution in [-0.4, -0.2) is 64.9 Å². The van der Waals surface area contributed by atoms with Crippen molar-refractivity contribution < 1.29 is 38.3 Å². The highest BCUT2D eigenvalue weighted by molar-refractivity contribution is 6.28. The number of ether oxygens (including phenoxy) is 4. The average molecular weight is 449 g/mol. The van der Waals surface area contributed by atoms with Gasteiger partial charge in [0.2, 0.25) is 5.28 Å². The van der Waals surface area contributed by atoms with Gasteiger partial charge in [-0.1, -0.05) is 0 Å². The van der Waals surface area contributed by atoms with Crippen molar-refractivity contribution >= 4 is 35.3 Å². The highest BCUT2D eigenvalue weighted by Crippen LogP contribution is 2.26. The number of carbonyl (C=O) groups is 3. The Labute approximate surface area is 176 Å². The fourth-order valence-electron chi connectivity index (χ4n) is 2.03. The summed E-state index contributed by atoms with van der Waals surface area (Å²) >= 11 is 5.64. The number of nitro groups is 1. The Hall–Kier alpha value is -3.22. The van der Waals surface area contributed by atoms with E-state index in [0.29, 0.717) is 0 Å². The largest absolute Gasteiger partial charge is 0.467 e. The topological polar surface area (TPSA) is 169 Å². The molecule has 2 atom stereocenters. The predicted molar refractivity (Wildman–Crippen MR) is 99.9 cm³/mol. The van der Waals surface area contributed by atoms with Crippen molar-refractivity contribution in [2.75, 3.05) is 14.2 Å². The first-order valence-electron chi connectivity index (χ1n) is 8.36. The minimum absolute atomic E-state index is 0.379. The molecule has 0 aliphatic heterocycles. The summed E-state index contributed by atoms with van der Waals surface area (Å²) in [6, 6.07) is -1.41. The number of aromatic nitrogens is 2.